The van der Waals surface area contributed by atoms with E-state index in [0.717, 1.165) is 18.9 Å². The van der Waals surface area contributed by atoms with Gasteiger partial charge in [0.1, 0.15) is 5.82 Å². The van der Waals surface area contributed by atoms with Crippen LogP contribution in [0.1, 0.15) is 24.2 Å². The lowest BCUT2D eigenvalue weighted by Gasteiger charge is -2.19. The maximum absolute atomic E-state index is 11.9. The van der Waals surface area contributed by atoms with Crippen molar-refractivity contribution >= 4 is 23.3 Å². The molecule has 2 aromatic rings. The number of hydrogen-bond donors (Lipinski definition) is 2. The number of anilines is 2. The van der Waals surface area contributed by atoms with Crippen LogP contribution >= 0.6 is 0 Å². The molecule has 0 bridgehead atoms. The molecule has 0 aliphatic heterocycles. The molecule has 0 unspecified atom stereocenters. The zero-order valence-electron chi connectivity index (χ0n) is 14.0. The van der Waals surface area contributed by atoms with E-state index in [9.17, 15) is 9.59 Å². The summed E-state index contributed by atoms with van der Waals surface area (Å²) in [6.45, 7) is 5.79. The van der Waals surface area contributed by atoms with Gasteiger partial charge in [0.25, 0.3) is 5.91 Å². The number of nitrogens with zero attached hydrogens (tertiary/aromatic N) is 2. The van der Waals surface area contributed by atoms with Gasteiger partial charge >= 0.3 is 0 Å². The second-order valence-electron chi connectivity index (χ2n) is 5.17. The second-order valence-corrected chi connectivity index (χ2v) is 5.17. The van der Waals surface area contributed by atoms with Crippen LogP contribution in [0, 0.1) is 0 Å². The van der Waals surface area contributed by atoms with Crippen molar-refractivity contribution in [3.8, 4) is 0 Å². The molecular formula is C18H22N4O2. The maximum Gasteiger partial charge on any atom is 0.251 e. The molecule has 1 heterocycles. The maximum atomic E-state index is 11.9. The number of hydrogen-bond acceptors (Lipinski definition) is 4. The van der Waals surface area contributed by atoms with Gasteiger partial charge in [-0.2, -0.15) is 0 Å². The van der Waals surface area contributed by atoms with E-state index in [0.29, 0.717) is 11.3 Å². The third kappa shape index (κ3) is 4.81. The Balaban J connectivity index is 1.85. The molecule has 126 valence electrons. The molecule has 0 fully saturated rings. The van der Waals surface area contributed by atoms with E-state index in [1.165, 1.54) is 0 Å². The van der Waals surface area contributed by atoms with Gasteiger partial charge in [-0.3, -0.25) is 9.59 Å². The lowest BCUT2D eigenvalue weighted by molar-refractivity contribution is -0.115. The van der Waals surface area contributed by atoms with E-state index in [2.05, 4.69) is 34.4 Å². The molecule has 1 aromatic heterocycles. The van der Waals surface area contributed by atoms with Gasteiger partial charge in [0, 0.05) is 18.7 Å². The highest BCUT2D eigenvalue weighted by Crippen LogP contribution is 2.13. The summed E-state index contributed by atoms with van der Waals surface area (Å²) in [5.74, 6) is 0.299. The Morgan fingerprint density at radius 1 is 1.04 bits per heavy atom. The Hall–Kier alpha value is -2.89. The normalized spacial score (nSPS) is 10.1. The van der Waals surface area contributed by atoms with Crippen LogP contribution in [0.25, 0.3) is 0 Å². The predicted octanol–water partition coefficient (Wildman–Crippen LogP) is 2.30. The van der Waals surface area contributed by atoms with Crippen LogP contribution < -0.4 is 15.5 Å². The fraction of sp³-hybridized carbons (Fsp3) is 0.278. The third-order valence-corrected chi connectivity index (χ3v) is 3.56. The first-order valence-corrected chi connectivity index (χ1v) is 7.98. The van der Waals surface area contributed by atoms with Crippen molar-refractivity contribution in [2.75, 3.05) is 29.9 Å². The Kier molecular flexibility index (Phi) is 6.31. The second kappa shape index (κ2) is 8.67. The van der Waals surface area contributed by atoms with Crippen LogP contribution in [-0.2, 0) is 4.79 Å². The van der Waals surface area contributed by atoms with E-state index < -0.39 is 0 Å². The Morgan fingerprint density at radius 3 is 2.33 bits per heavy atom. The largest absolute Gasteiger partial charge is 0.357 e. The number of nitrogens with one attached hydrogen (secondary N) is 2. The minimum Gasteiger partial charge on any atom is -0.357 e. The standard InChI is InChI=1S/C18H22N4O2/c1-3-22(4-2)16-11-10-15(12-19-16)21-17(23)13-20-18(24)14-8-6-5-7-9-14/h5-12H,3-4,13H2,1-2H3,(H,20,24)(H,21,23). The average Bonchev–Trinajstić information content (AvgIpc) is 2.63. The monoisotopic (exact) mass is 326 g/mol. The highest BCUT2D eigenvalue weighted by atomic mass is 16.2. The van der Waals surface area contributed by atoms with Crippen molar-refractivity contribution in [1.29, 1.82) is 0 Å². The quantitative estimate of drug-likeness (QED) is 0.819. The third-order valence-electron chi connectivity index (χ3n) is 3.56. The summed E-state index contributed by atoms with van der Waals surface area (Å²) in [5, 5.41) is 5.30. The van der Waals surface area contributed by atoms with Crippen molar-refractivity contribution in [2.45, 2.75) is 13.8 Å². The van der Waals surface area contributed by atoms with Gasteiger partial charge in [-0.05, 0) is 38.1 Å². The fourth-order valence-electron chi connectivity index (χ4n) is 2.25. The minimum atomic E-state index is -0.295. The van der Waals surface area contributed by atoms with Gasteiger partial charge in [-0.1, -0.05) is 18.2 Å². The highest BCUT2D eigenvalue weighted by molar-refractivity contribution is 5.99. The van der Waals surface area contributed by atoms with E-state index in [1.807, 2.05) is 12.1 Å². The molecule has 6 nitrogen and oxygen atoms in total. The smallest absolute Gasteiger partial charge is 0.251 e. The highest BCUT2D eigenvalue weighted by Gasteiger charge is 2.08. The van der Waals surface area contributed by atoms with E-state index in [4.69, 9.17) is 0 Å². The van der Waals surface area contributed by atoms with Crippen molar-refractivity contribution in [1.82, 2.24) is 10.3 Å². The summed E-state index contributed by atoms with van der Waals surface area (Å²) in [4.78, 5) is 30.3. The summed E-state index contributed by atoms with van der Waals surface area (Å²) >= 11 is 0. The predicted molar refractivity (Wildman–Crippen MR) is 95.2 cm³/mol. The molecule has 2 amide bonds. The summed E-state index contributed by atoms with van der Waals surface area (Å²) < 4.78 is 0. The molecule has 0 atom stereocenters. The molecule has 1 aromatic carbocycles. The summed E-state index contributed by atoms with van der Waals surface area (Å²) in [6, 6.07) is 12.4. The van der Waals surface area contributed by atoms with Crippen LogP contribution in [0.4, 0.5) is 11.5 Å². The molecule has 0 aliphatic carbocycles. The average molecular weight is 326 g/mol. The van der Waals surface area contributed by atoms with Gasteiger partial charge in [0.15, 0.2) is 0 Å². The molecule has 0 saturated carbocycles. The van der Waals surface area contributed by atoms with Gasteiger partial charge in [-0.15, -0.1) is 0 Å². The lowest BCUT2D eigenvalue weighted by atomic mass is 10.2. The Labute approximate surface area is 141 Å². The van der Waals surface area contributed by atoms with Crippen LogP contribution in [0.15, 0.2) is 48.7 Å². The zero-order chi connectivity index (χ0) is 17.4. The van der Waals surface area contributed by atoms with Gasteiger partial charge in [-0.25, -0.2) is 4.98 Å². The molecular weight excluding hydrogens is 304 g/mol. The molecule has 0 radical (unpaired) electrons. The van der Waals surface area contributed by atoms with Crippen LogP contribution in [0.2, 0.25) is 0 Å². The van der Waals surface area contributed by atoms with E-state index in [-0.39, 0.29) is 18.4 Å². The fourth-order valence-corrected chi connectivity index (χ4v) is 2.25. The molecule has 24 heavy (non-hydrogen) atoms. The van der Waals surface area contributed by atoms with Crippen molar-refractivity contribution in [2.24, 2.45) is 0 Å². The number of carbonyl (C=O) groups is 2. The number of amides is 2. The van der Waals surface area contributed by atoms with Gasteiger partial charge < -0.3 is 15.5 Å². The molecule has 0 aliphatic rings. The SMILES string of the molecule is CCN(CC)c1ccc(NC(=O)CNC(=O)c2ccccc2)cn1. The molecule has 6 heteroatoms. The Bertz CT molecular complexity index is 667. The van der Waals surface area contributed by atoms with Crippen LogP contribution in [0.5, 0.6) is 0 Å². The number of pyridine rings is 1. The first kappa shape index (κ1) is 17.5. The lowest BCUT2D eigenvalue weighted by Crippen LogP contribution is -2.32. The number of rotatable bonds is 7. The van der Waals surface area contributed by atoms with Crippen LogP contribution in [0.3, 0.4) is 0 Å². The molecule has 0 saturated heterocycles. The van der Waals surface area contributed by atoms with Crippen molar-refractivity contribution < 1.29 is 9.59 Å². The summed E-state index contributed by atoms with van der Waals surface area (Å²) in [6.07, 6.45) is 1.62. The van der Waals surface area contributed by atoms with E-state index in [1.54, 1.807) is 36.5 Å². The first-order valence-electron chi connectivity index (χ1n) is 7.98. The van der Waals surface area contributed by atoms with Gasteiger partial charge in [0.2, 0.25) is 5.91 Å². The van der Waals surface area contributed by atoms with Gasteiger partial charge in [0.05, 0.1) is 18.4 Å². The van der Waals surface area contributed by atoms with Crippen molar-refractivity contribution in [3.63, 3.8) is 0 Å². The number of benzene rings is 1. The number of aromatic nitrogens is 1. The zero-order valence-corrected chi connectivity index (χ0v) is 14.0. The van der Waals surface area contributed by atoms with Crippen molar-refractivity contribution in [3.05, 3.63) is 54.2 Å². The van der Waals surface area contributed by atoms with Crippen LogP contribution in [-0.4, -0.2) is 36.4 Å². The first-order chi connectivity index (χ1) is 11.6. The minimum absolute atomic E-state index is 0.0917. The summed E-state index contributed by atoms with van der Waals surface area (Å²) in [5.41, 5.74) is 1.13. The summed E-state index contributed by atoms with van der Waals surface area (Å²) in [7, 11) is 0. The Morgan fingerprint density at radius 2 is 1.75 bits per heavy atom. The molecule has 0 spiro atoms. The molecule has 2 N–H and O–H groups in total. The van der Waals surface area contributed by atoms with E-state index >= 15 is 0 Å². The number of carbonyl (C=O) groups excluding carboxylic acids is 2. The molecule has 2 rings (SSSR count). The topological polar surface area (TPSA) is 74.3 Å².